The number of hydrogen-bond donors (Lipinski definition) is 2. The van der Waals surface area contributed by atoms with E-state index in [1.807, 2.05) is 13.1 Å². The monoisotopic (exact) mass is 545 g/mol. The number of benzene rings is 1. The van der Waals surface area contributed by atoms with E-state index in [1.165, 1.54) is 38.5 Å². The van der Waals surface area contributed by atoms with Gasteiger partial charge in [0.15, 0.2) is 17.5 Å². The molecule has 2 fully saturated rings. The number of nitrogens with zero attached hydrogens (tertiary/aromatic N) is 1. The maximum absolute atomic E-state index is 6.23. The Hall–Kier alpha value is -1.22. The Morgan fingerprint density at radius 2 is 1.81 bits per heavy atom. The Morgan fingerprint density at radius 1 is 1.06 bits per heavy atom. The van der Waals surface area contributed by atoms with E-state index in [4.69, 9.17) is 14.2 Å². The normalized spacial score (nSPS) is 18.5. The average Bonchev–Trinajstić information content (AvgIpc) is 3.45. The summed E-state index contributed by atoms with van der Waals surface area (Å²) in [6.45, 7) is 2.45. The van der Waals surface area contributed by atoms with Crippen LogP contribution in [0, 0.1) is 5.41 Å². The number of nitrogens with one attached hydrogen (secondary N) is 2. The summed E-state index contributed by atoms with van der Waals surface area (Å²) in [5.74, 6) is 2.48. The molecule has 0 unspecified atom stereocenters. The third kappa shape index (κ3) is 7.70. The summed E-state index contributed by atoms with van der Waals surface area (Å²) in [5.41, 5.74) is 1.48. The van der Waals surface area contributed by atoms with Crippen molar-refractivity contribution >= 4 is 29.9 Å². The third-order valence-electron chi connectivity index (χ3n) is 6.64. The minimum atomic E-state index is 0. The van der Waals surface area contributed by atoms with Crippen molar-refractivity contribution in [1.82, 2.24) is 10.6 Å². The molecule has 2 aliphatic carbocycles. The summed E-state index contributed by atoms with van der Waals surface area (Å²) in [7, 11) is 5.31. The molecule has 0 saturated heterocycles. The number of hydrogen-bond acceptors (Lipinski definition) is 4. The fourth-order valence-corrected chi connectivity index (χ4v) is 4.75. The van der Waals surface area contributed by atoms with Crippen LogP contribution in [0.25, 0.3) is 0 Å². The zero-order valence-corrected chi connectivity index (χ0v) is 21.7. The fourth-order valence-electron chi connectivity index (χ4n) is 4.75. The van der Waals surface area contributed by atoms with Crippen LogP contribution in [0.3, 0.4) is 0 Å². The van der Waals surface area contributed by atoms with Crippen molar-refractivity contribution in [2.75, 3.05) is 34.4 Å². The molecule has 0 heterocycles. The first kappa shape index (κ1) is 26.0. The molecule has 176 valence electrons. The van der Waals surface area contributed by atoms with Crippen LogP contribution in [0.1, 0.15) is 63.4 Å². The molecule has 3 rings (SSSR count). The molecule has 2 aliphatic rings. The molecule has 1 aromatic carbocycles. The van der Waals surface area contributed by atoms with Crippen LogP contribution in [0.4, 0.5) is 0 Å². The summed E-state index contributed by atoms with van der Waals surface area (Å²) in [6, 6.07) is 6.17. The highest BCUT2D eigenvalue weighted by atomic mass is 127. The van der Waals surface area contributed by atoms with Crippen LogP contribution < -0.4 is 20.1 Å². The van der Waals surface area contributed by atoms with Crippen molar-refractivity contribution in [1.29, 1.82) is 0 Å². The van der Waals surface area contributed by atoms with E-state index >= 15 is 0 Å². The standard InChI is InChI=1S/C24H39N3O3.HI/c1-25-23(27-18-24(14-15-28-2)12-6-7-13-24)26-17-19-10-11-21(29-3)22(16-19)30-20-8-4-5-9-20;/h10-11,16,20H,4-9,12-15,17-18H2,1-3H3,(H2,25,26,27);1H. The Morgan fingerprint density at radius 3 is 2.45 bits per heavy atom. The van der Waals surface area contributed by atoms with Gasteiger partial charge in [0, 0.05) is 33.9 Å². The topological polar surface area (TPSA) is 64.1 Å². The number of ether oxygens (including phenoxy) is 3. The van der Waals surface area contributed by atoms with Crippen molar-refractivity contribution in [3.63, 3.8) is 0 Å². The van der Waals surface area contributed by atoms with E-state index in [2.05, 4.69) is 27.8 Å². The van der Waals surface area contributed by atoms with Gasteiger partial charge in [0.25, 0.3) is 0 Å². The Kier molecular flexibility index (Phi) is 11.2. The van der Waals surface area contributed by atoms with E-state index in [0.717, 1.165) is 55.4 Å². The second-order valence-electron chi connectivity index (χ2n) is 8.74. The van der Waals surface area contributed by atoms with Gasteiger partial charge in [-0.2, -0.15) is 0 Å². The van der Waals surface area contributed by atoms with Crippen LogP contribution in [0.5, 0.6) is 11.5 Å². The molecule has 0 radical (unpaired) electrons. The average molecular weight is 546 g/mol. The maximum atomic E-state index is 6.23. The van der Waals surface area contributed by atoms with Crippen molar-refractivity contribution < 1.29 is 14.2 Å². The second kappa shape index (κ2) is 13.4. The summed E-state index contributed by atoms with van der Waals surface area (Å²) in [5, 5.41) is 7.01. The molecule has 1 aromatic rings. The molecule has 7 heteroatoms. The quantitative estimate of drug-likeness (QED) is 0.249. The van der Waals surface area contributed by atoms with Crippen molar-refractivity contribution in [2.45, 2.75) is 70.4 Å². The largest absolute Gasteiger partial charge is 0.493 e. The molecular weight excluding hydrogens is 505 g/mol. The molecule has 6 nitrogen and oxygen atoms in total. The first-order valence-electron chi connectivity index (χ1n) is 11.4. The Balaban J connectivity index is 0.00000341. The van der Waals surface area contributed by atoms with Gasteiger partial charge in [-0.1, -0.05) is 18.9 Å². The van der Waals surface area contributed by atoms with E-state index < -0.39 is 0 Å². The first-order chi connectivity index (χ1) is 14.7. The summed E-state index contributed by atoms with van der Waals surface area (Å²) in [6.07, 6.45) is 11.3. The summed E-state index contributed by atoms with van der Waals surface area (Å²) < 4.78 is 17.1. The van der Waals surface area contributed by atoms with Gasteiger partial charge in [-0.05, 0) is 68.1 Å². The van der Waals surface area contributed by atoms with Gasteiger partial charge >= 0.3 is 0 Å². The Labute approximate surface area is 204 Å². The highest BCUT2D eigenvalue weighted by molar-refractivity contribution is 14.0. The number of halogens is 1. The molecule has 0 aromatic heterocycles. The molecule has 31 heavy (non-hydrogen) atoms. The van der Waals surface area contributed by atoms with Crippen molar-refractivity contribution in [3.8, 4) is 11.5 Å². The molecule has 0 atom stereocenters. The van der Waals surface area contributed by atoms with E-state index in [-0.39, 0.29) is 24.0 Å². The van der Waals surface area contributed by atoms with Crippen LogP contribution in [-0.4, -0.2) is 46.5 Å². The van der Waals surface area contributed by atoms with E-state index in [9.17, 15) is 0 Å². The van der Waals surface area contributed by atoms with Gasteiger partial charge in [-0.15, -0.1) is 24.0 Å². The smallest absolute Gasteiger partial charge is 0.191 e. The summed E-state index contributed by atoms with van der Waals surface area (Å²) in [4.78, 5) is 4.42. The minimum Gasteiger partial charge on any atom is -0.493 e. The zero-order valence-electron chi connectivity index (χ0n) is 19.4. The van der Waals surface area contributed by atoms with Gasteiger partial charge in [-0.3, -0.25) is 4.99 Å². The van der Waals surface area contributed by atoms with Crippen LogP contribution in [0.2, 0.25) is 0 Å². The number of methoxy groups -OCH3 is 2. The van der Waals surface area contributed by atoms with E-state index in [0.29, 0.717) is 18.1 Å². The van der Waals surface area contributed by atoms with E-state index in [1.54, 1.807) is 14.2 Å². The number of guanidine groups is 1. The lowest BCUT2D eigenvalue weighted by atomic mass is 9.83. The molecule has 0 aliphatic heterocycles. The Bertz CT molecular complexity index is 687. The third-order valence-corrected chi connectivity index (χ3v) is 6.64. The predicted molar refractivity (Wildman–Crippen MR) is 137 cm³/mol. The van der Waals surface area contributed by atoms with Gasteiger partial charge < -0.3 is 24.8 Å². The van der Waals surface area contributed by atoms with Crippen LogP contribution in [-0.2, 0) is 11.3 Å². The van der Waals surface area contributed by atoms with Crippen molar-refractivity contribution in [3.05, 3.63) is 23.8 Å². The second-order valence-corrected chi connectivity index (χ2v) is 8.74. The van der Waals surface area contributed by atoms with Crippen LogP contribution in [0.15, 0.2) is 23.2 Å². The number of rotatable bonds is 10. The lowest BCUT2D eigenvalue weighted by molar-refractivity contribution is 0.138. The first-order valence-corrected chi connectivity index (χ1v) is 11.4. The summed E-state index contributed by atoms with van der Waals surface area (Å²) >= 11 is 0. The van der Waals surface area contributed by atoms with Gasteiger partial charge in [-0.25, -0.2) is 0 Å². The predicted octanol–water partition coefficient (Wildman–Crippen LogP) is 4.90. The molecular formula is C24H40IN3O3. The van der Waals surface area contributed by atoms with Crippen molar-refractivity contribution in [2.24, 2.45) is 10.4 Å². The maximum Gasteiger partial charge on any atom is 0.191 e. The lowest BCUT2D eigenvalue weighted by Crippen LogP contribution is -2.43. The van der Waals surface area contributed by atoms with Crippen LogP contribution >= 0.6 is 24.0 Å². The molecule has 0 bridgehead atoms. The fraction of sp³-hybridized carbons (Fsp3) is 0.708. The molecule has 0 amide bonds. The lowest BCUT2D eigenvalue weighted by Gasteiger charge is -2.30. The zero-order chi connectivity index (χ0) is 21.2. The SMILES string of the molecule is CN=C(NCc1ccc(OC)c(OC2CCCC2)c1)NCC1(CCOC)CCCC1.I. The highest BCUT2D eigenvalue weighted by Gasteiger charge is 2.33. The number of aliphatic imine (C=N–C) groups is 1. The highest BCUT2D eigenvalue weighted by Crippen LogP contribution is 2.40. The van der Waals surface area contributed by atoms with Gasteiger partial charge in [0.05, 0.1) is 13.2 Å². The molecule has 2 saturated carbocycles. The molecule has 2 N–H and O–H groups in total. The minimum absolute atomic E-state index is 0. The van der Waals surface area contributed by atoms with Gasteiger partial charge in [0.1, 0.15) is 0 Å². The molecule has 0 spiro atoms. The van der Waals surface area contributed by atoms with Gasteiger partial charge in [0.2, 0.25) is 0 Å².